The fourth-order valence-corrected chi connectivity index (χ4v) is 8.13. The van der Waals surface area contributed by atoms with Crippen LogP contribution in [0.1, 0.15) is 16.7 Å². The van der Waals surface area contributed by atoms with Crippen LogP contribution in [0.25, 0.3) is 0 Å². The summed E-state index contributed by atoms with van der Waals surface area (Å²) < 4.78 is 12.2. The summed E-state index contributed by atoms with van der Waals surface area (Å²) in [5, 5.41) is 11.1. The molecule has 1 heterocycles. The Morgan fingerprint density at radius 2 is 1.18 bits per heavy atom. The molecule has 0 aliphatic carbocycles. The largest absolute Gasteiger partial charge is 0.378 e. The summed E-state index contributed by atoms with van der Waals surface area (Å²) in [5.74, 6) is 3.41. The molecule has 0 amide bonds. The van der Waals surface area contributed by atoms with Gasteiger partial charge < -0.3 is 14.6 Å². The van der Waals surface area contributed by atoms with Gasteiger partial charge in [0.1, 0.15) is 0 Å². The van der Waals surface area contributed by atoms with E-state index >= 15 is 0 Å². The third-order valence-electron chi connectivity index (χ3n) is 5.85. The molecule has 3 nitrogen and oxygen atoms in total. The van der Waals surface area contributed by atoms with Gasteiger partial charge in [0, 0.05) is 30.1 Å². The van der Waals surface area contributed by atoms with E-state index in [4.69, 9.17) is 9.47 Å². The van der Waals surface area contributed by atoms with Crippen LogP contribution in [-0.2, 0) is 26.7 Å². The molecule has 0 radical (unpaired) electrons. The number of aliphatic hydroxyl groups excluding tert-OH is 1. The third-order valence-corrected chi connectivity index (χ3v) is 9.98. The number of hydrogen-bond acceptors (Lipinski definition) is 6. The lowest BCUT2D eigenvalue weighted by Gasteiger charge is -2.44. The number of thioether (sulfide) groups is 3. The van der Waals surface area contributed by atoms with Gasteiger partial charge in [0.05, 0.1) is 22.7 Å². The minimum Gasteiger partial charge on any atom is -0.378 e. The second-order valence-electron chi connectivity index (χ2n) is 8.29. The van der Waals surface area contributed by atoms with E-state index < -0.39 is 6.29 Å². The summed E-state index contributed by atoms with van der Waals surface area (Å²) in [6.45, 7) is 0. The molecule has 0 saturated carbocycles. The van der Waals surface area contributed by atoms with E-state index in [0.29, 0.717) is 0 Å². The van der Waals surface area contributed by atoms with Gasteiger partial charge in [-0.05, 0) is 16.7 Å². The number of benzene rings is 3. The first-order valence-corrected chi connectivity index (χ1v) is 14.8. The van der Waals surface area contributed by atoms with Crippen molar-refractivity contribution in [3.8, 4) is 0 Å². The van der Waals surface area contributed by atoms with Crippen molar-refractivity contribution in [2.45, 2.75) is 46.3 Å². The number of rotatable bonds is 11. The number of methoxy groups -OCH3 is 1. The quantitative estimate of drug-likeness (QED) is 0.327. The van der Waals surface area contributed by atoms with Gasteiger partial charge in [-0.15, -0.1) is 23.5 Å². The summed E-state index contributed by atoms with van der Waals surface area (Å²) in [4.78, 5) is 0. The van der Waals surface area contributed by atoms with Gasteiger partial charge in [0.15, 0.2) is 6.29 Å². The maximum Gasteiger partial charge on any atom is 0.168 e. The molecular formula is C28H32O3S3. The van der Waals surface area contributed by atoms with E-state index in [1.807, 2.05) is 41.7 Å². The molecule has 34 heavy (non-hydrogen) atoms. The Hall–Kier alpha value is -1.41. The zero-order valence-corrected chi connectivity index (χ0v) is 21.8. The smallest absolute Gasteiger partial charge is 0.168 e. The van der Waals surface area contributed by atoms with E-state index in [9.17, 15) is 5.11 Å². The molecular weight excluding hydrogens is 481 g/mol. The van der Waals surface area contributed by atoms with Crippen molar-refractivity contribution in [1.82, 2.24) is 0 Å². The van der Waals surface area contributed by atoms with Crippen LogP contribution in [0.5, 0.6) is 0 Å². The normalized spacial score (nSPS) is 24.7. The van der Waals surface area contributed by atoms with Crippen molar-refractivity contribution in [1.29, 1.82) is 0 Å². The molecule has 5 atom stereocenters. The molecule has 0 aromatic heterocycles. The number of aliphatic hydroxyl groups is 1. The van der Waals surface area contributed by atoms with Crippen LogP contribution in [0.2, 0.25) is 0 Å². The first-order chi connectivity index (χ1) is 16.7. The molecule has 1 N–H and O–H groups in total. The minimum atomic E-state index is -0.823. The molecule has 6 heteroatoms. The van der Waals surface area contributed by atoms with Crippen molar-refractivity contribution in [2.75, 3.05) is 12.9 Å². The highest BCUT2D eigenvalue weighted by Gasteiger charge is 2.46. The highest BCUT2D eigenvalue weighted by molar-refractivity contribution is 8.03. The summed E-state index contributed by atoms with van der Waals surface area (Å²) in [6, 6.07) is 31.4. The second kappa shape index (κ2) is 13.6. The van der Waals surface area contributed by atoms with Crippen LogP contribution in [0.15, 0.2) is 91.0 Å². The van der Waals surface area contributed by atoms with Gasteiger partial charge >= 0.3 is 0 Å². The maximum atomic E-state index is 11.1. The Bertz CT molecular complexity index is 958. The van der Waals surface area contributed by atoms with Gasteiger partial charge in [-0.3, -0.25) is 0 Å². The topological polar surface area (TPSA) is 38.7 Å². The standard InChI is InChI=1S/C28H32O3S3/c1-30-25-24(20-32-17-21-11-5-2-6-12-21)31-28(29)27(34-19-23-15-9-4-10-16-23)26(25)33-18-22-13-7-3-8-14-22/h2-16,24-29H,17-20H2,1H3/t24-,25+,26-,27+,28+/m1/s1. The highest BCUT2D eigenvalue weighted by Crippen LogP contribution is 2.40. The van der Waals surface area contributed by atoms with Crippen molar-refractivity contribution < 1.29 is 14.6 Å². The van der Waals surface area contributed by atoms with Crippen LogP contribution >= 0.6 is 35.3 Å². The molecule has 3 aromatic carbocycles. The van der Waals surface area contributed by atoms with Gasteiger partial charge in [-0.2, -0.15) is 11.8 Å². The van der Waals surface area contributed by atoms with E-state index in [-0.39, 0.29) is 22.7 Å². The van der Waals surface area contributed by atoms with Crippen LogP contribution < -0.4 is 0 Å². The lowest BCUT2D eigenvalue weighted by Crippen LogP contribution is -2.56. The molecule has 1 aliphatic rings. The predicted molar refractivity (Wildman–Crippen MR) is 147 cm³/mol. The van der Waals surface area contributed by atoms with Crippen LogP contribution in [0.4, 0.5) is 0 Å². The lowest BCUT2D eigenvalue weighted by atomic mass is 10.0. The second-order valence-corrected chi connectivity index (χ2v) is 11.7. The Morgan fingerprint density at radius 1 is 0.706 bits per heavy atom. The van der Waals surface area contributed by atoms with Crippen molar-refractivity contribution in [3.05, 3.63) is 108 Å². The zero-order chi connectivity index (χ0) is 23.6. The van der Waals surface area contributed by atoms with Gasteiger partial charge in [0.2, 0.25) is 0 Å². The molecule has 0 bridgehead atoms. The van der Waals surface area contributed by atoms with Gasteiger partial charge in [-0.25, -0.2) is 0 Å². The molecule has 0 unspecified atom stereocenters. The number of ether oxygens (including phenoxy) is 2. The maximum absolute atomic E-state index is 11.1. The van der Waals surface area contributed by atoms with E-state index in [2.05, 4.69) is 72.8 Å². The molecule has 0 spiro atoms. The Labute approximate surface area is 216 Å². The molecule has 1 saturated heterocycles. The first-order valence-electron chi connectivity index (χ1n) is 11.5. The lowest BCUT2D eigenvalue weighted by molar-refractivity contribution is -0.189. The van der Waals surface area contributed by atoms with Crippen molar-refractivity contribution in [2.24, 2.45) is 0 Å². The van der Waals surface area contributed by atoms with Crippen molar-refractivity contribution >= 4 is 35.3 Å². The minimum absolute atomic E-state index is 0.0748. The molecule has 3 aromatic rings. The zero-order valence-electron chi connectivity index (χ0n) is 19.4. The monoisotopic (exact) mass is 512 g/mol. The fraction of sp³-hybridized carbons (Fsp3) is 0.357. The molecule has 180 valence electrons. The third kappa shape index (κ3) is 7.30. The van der Waals surface area contributed by atoms with E-state index in [0.717, 1.165) is 23.0 Å². The van der Waals surface area contributed by atoms with E-state index in [1.54, 1.807) is 18.9 Å². The van der Waals surface area contributed by atoms with Gasteiger partial charge in [-0.1, -0.05) is 91.0 Å². The average Bonchev–Trinajstić information content (AvgIpc) is 2.88. The van der Waals surface area contributed by atoms with Crippen LogP contribution in [0.3, 0.4) is 0 Å². The summed E-state index contributed by atoms with van der Waals surface area (Å²) >= 11 is 5.46. The SMILES string of the molecule is CO[C@@H]1[C@@H](SCc2ccccc2)[C@H](SCc2ccccc2)[C@@H](O)O[C@@H]1CSCc1ccccc1. The van der Waals surface area contributed by atoms with E-state index in [1.165, 1.54) is 16.7 Å². The molecule has 4 rings (SSSR count). The van der Waals surface area contributed by atoms with Crippen LogP contribution in [-0.4, -0.2) is 47.0 Å². The predicted octanol–water partition coefficient (Wildman–Crippen LogP) is 6.26. The Kier molecular flexibility index (Phi) is 10.3. The van der Waals surface area contributed by atoms with Crippen molar-refractivity contribution in [3.63, 3.8) is 0 Å². The molecule has 1 fully saturated rings. The van der Waals surface area contributed by atoms with Gasteiger partial charge in [0.25, 0.3) is 0 Å². The Morgan fingerprint density at radius 3 is 1.68 bits per heavy atom. The van der Waals surface area contributed by atoms with Crippen LogP contribution in [0, 0.1) is 0 Å². The Balaban J connectivity index is 1.45. The summed E-state index contributed by atoms with van der Waals surface area (Å²) in [6.07, 6.45) is -1.07. The highest BCUT2D eigenvalue weighted by atomic mass is 32.2. The fourth-order valence-electron chi connectivity index (χ4n) is 4.08. The first kappa shape index (κ1) is 25.7. The summed E-state index contributed by atoms with van der Waals surface area (Å²) in [5.41, 5.74) is 3.83. The summed E-state index contributed by atoms with van der Waals surface area (Å²) in [7, 11) is 1.77. The average molecular weight is 513 g/mol. The number of hydrogen-bond donors (Lipinski definition) is 1. The molecule has 1 aliphatic heterocycles.